The molecule has 0 saturated carbocycles. The minimum absolute atomic E-state index is 0.0286. The van der Waals surface area contributed by atoms with Crippen LogP contribution in [0.1, 0.15) is 30.9 Å². The molecular weight excluding hydrogens is 292 g/mol. The van der Waals surface area contributed by atoms with Crippen LogP contribution in [0.5, 0.6) is 0 Å². The van der Waals surface area contributed by atoms with Gasteiger partial charge in [-0.3, -0.25) is 14.9 Å². The number of nitro groups is 1. The van der Waals surface area contributed by atoms with Crippen molar-refractivity contribution in [2.75, 3.05) is 5.32 Å². The van der Waals surface area contributed by atoms with Gasteiger partial charge in [-0.1, -0.05) is 44.2 Å². The van der Waals surface area contributed by atoms with Crippen molar-refractivity contribution >= 4 is 23.4 Å². The van der Waals surface area contributed by atoms with Gasteiger partial charge in [-0.25, -0.2) is 0 Å². The molecule has 0 heterocycles. The Hall–Kier alpha value is -2.95. The summed E-state index contributed by atoms with van der Waals surface area (Å²) in [5.74, 6) is -0.0399. The molecule has 23 heavy (non-hydrogen) atoms. The van der Waals surface area contributed by atoms with Crippen LogP contribution in [0.3, 0.4) is 0 Å². The first-order chi connectivity index (χ1) is 11.0. The summed E-state index contributed by atoms with van der Waals surface area (Å²) in [6, 6.07) is 13.9. The van der Waals surface area contributed by atoms with Crippen LogP contribution in [0.15, 0.2) is 54.6 Å². The highest BCUT2D eigenvalue weighted by Crippen LogP contribution is 2.24. The third-order valence-electron chi connectivity index (χ3n) is 3.39. The van der Waals surface area contributed by atoms with E-state index in [2.05, 4.69) is 5.32 Å². The van der Waals surface area contributed by atoms with Crippen molar-refractivity contribution in [3.05, 3.63) is 75.8 Å². The van der Waals surface area contributed by atoms with Gasteiger partial charge in [0.05, 0.1) is 10.5 Å². The van der Waals surface area contributed by atoms with Crippen molar-refractivity contribution in [1.29, 1.82) is 0 Å². The number of hydrogen-bond acceptors (Lipinski definition) is 3. The van der Waals surface area contributed by atoms with E-state index in [0.717, 1.165) is 11.3 Å². The fourth-order valence-corrected chi connectivity index (χ4v) is 2.25. The number of amides is 1. The highest BCUT2D eigenvalue weighted by molar-refractivity contribution is 6.02. The normalized spacial score (nSPS) is 10.9. The van der Waals surface area contributed by atoms with Crippen LogP contribution in [0, 0.1) is 10.1 Å². The fourth-order valence-electron chi connectivity index (χ4n) is 2.25. The molecular formula is C18H18N2O3. The van der Waals surface area contributed by atoms with E-state index >= 15 is 0 Å². The molecule has 0 atom stereocenters. The summed E-state index contributed by atoms with van der Waals surface area (Å²) in [5.41, 5.74) is 2.16. The van der Waals surface area contributed by atoms with Gasteiger partial charge in [-0.05, 0) is 29.7 Å². The van der Waals surface area contributed by atoms with Crippen LogP contribution < -0.4 is 5.32 Å². The van der Waals surface area contributed by atoms with Gasteiger partial charge in [-0.15, -0.1) is 0 Å². The van der Waals surface area contributed by atoms with E-state index in [9.17, 15) is 14.9 Å². The average Bonchev–Trinajstić information content (AvgIpc) is 2.53. The first-order valence-corrected chi connectivity index (χ1v) is 7.30. The number of benzene rings is 2. The van der Waals surface area contributed by atoms with Crippen LogP contribution in [0.25, 0.3) is 6.08 Å². The summed E-state index contributed by atoms with van der Waals surface area (Å²) in [6.45, 7) is 4.10. The second kappa shape index (κ2) is 7.35. The van der Waals surface area contributed by atoms with E-state index in [-0.39, 0.29) is 17.5 Å². The summed E-state index contributed by atoms with van der Waals surface area (Å²) in [4.78, 5) is 22.6. The van der Waals surface area contributed by atoms with Gasteiger partial charge >= 0.3 is 0 Å². The summed E-state index contributed by atoms with van der Waals surface area (Å²) < 4.78 is 0. The molecule has 2 aromatic rings. The first-order valence-electron chi connectivity index (χ1n) is 7.30. The summed E-state index contributed by atoms with van der Waals surface area (Å²) >= 11 is 0. The maximum Gasteiger partial charge on any atom is 0.276 e. The molecule has 0 fully saturated rings. The van der Waals surface area contributed by atoms with Crippen molar-refractivity contribution in [3.63, 3.8) is 0 Å². The fraction of sp³-hybridized carbons (Fsp3) is 0.167. The van der Waals surface area contributed by atoms with Gasteiger partial charge in [0.15, 0.2) is 0 Å². The second-order valence-electron chi connectivity index (χ2n) is 5.38. The molecule has 0 radical (unpaired) electrons. The average molecular weight is 310 g/mol. The number of rotatable bonds is 5. The molecule has 0 aliphatic heterocycles. The molecule has 5 nitrogen and oxygen atoms in total. The highest BCUT2D eigenvalue weighted by Gasteiger charge is 2.10. The molecule has 1 amide bonds. The maximum absolute atomic E-state index is 12.1. The zero-order valence-corrected chi connectivity index (χ0v) is 13.0. The molecule has 5 heteroatoms. The lowest BCUT2D eigenvalue weighted by Gasteiger charge is -2.12. The Morgan fingerprint density at radius 3 is 2.48 bits per heavy atom. The molecule has 1 N–H and O–H groups in total. The number of carbonyl (C=O) groups excluding carboxylic acids is 1. The minimum atomic E-state index is -0.467. The molecule has 0 spiro atoms. The Balaban J connectivity index is 2.16. The monoisotopic (exact) mass is 310 g/mol. The Morgan fingerprint density at radius 2 is 1.78 bits per heavy atom. The third kappa shape index (κ3) is 4.26. The van der Waals surface area contributed by atoms with Crippen LogP contribution in [0.4, 0.5) is 11.4 Å². The number of anilines is 1. The van der Waals surface area contributed by atoms with E-state index in [1.807, 2.05) is 38.1 Å². The van der Waals surface area contributed by atoms with Crippen molar-refractivity contribution in [2.24, 2.45) is 0 Å². The summed E-state index contributed by atoms with van der Waals surface area (Å²) in [6.07, 6.45) is 2.75. The van der Waals surface area contributed by atoms with Gasteiger partial charge in [0.25, 0.3) is 5.69 Å². The van der Waals surface area contributed by atoms with E-state index in [1.165, 1.54) is 18.2 Å². The first kappa shape index (κ1) is 16.4. The number of nitro benzene ring substituents is 1. The quantitative estimate of drug-likeness (QED) is 0.506. The van der Waals surface area contributed by atoms with Crippen LogP contribution in [-0.2, 0) is 4.79 Å². The summed E-state index contributed by atoms with van der Waals surface area (Å²) in [7, 11) is 0. The molecule has 0 saturated heterocycles. The largest absolute Gasteiger partial charge is 0.322 e. The molecule has 0 unspecified atom stereocenters. The van der Waals surface area contributed by atoms with Crippen molar-refractivity contribution in [1.82, 2.24) is 0 Å². The van der Waals surface area contributed by atoms with E-state index in [0.29, 0.717) is 5.56 Å². The number of nitrogens with zero attached hydrogens (tertiary/aromatic N) is 1. The van der Waals surface area contributed by atoms with Crippen LogP contribution in [-0.4, -0.2) is 10.8 Å². The van der Waals surface area contributed by atoms with Gasteiger partial charge in [-0.2, -0.15) is 0 Å². The molecule has 118 valence electrons. The molecule has 0 aromatic heterocycles. The molecule has 0 bridgehead atoms. The Morgan fingerprint density at radius 1 is 1.13 bits per heavy atom. The Kier molecular flexibility index (Phi) is 5.25. The third-order valence-corrected chi connectivity index (χ3v) is 3.39. The molecule has 0 aliphatic rings. The van der Waals surface area contributed by atoms with E-state index in [1.54, 1.807) is 18.2 Å². The highest BCUT2D eigenvalue weighted by atomic mass is 16.6. The summed E-state index contributed by atoms with van der Waals surface area (Å²) in [5, 5.41) is 13.8. The lowest BCUT2D eigenvalue weighted by atomic mass is 10.0. The van der Waals surface area contributed by atoms with E-state index in [4.69, 9.17) is 0 Å². The standard InChI is InChI=1S/C18H18N2O3/c1-13(2)15-8-4-5-9-16(15)19-18(21)12-11-14-7-3-6-10-17(14)20(22)23/h3-13H,1-2H3,(H,19,21). The number of para-hydroxylation sites is 2. The van der Waals surface area contributed by atoms with Crippen molar-refractivity contribution < 1.29 is 9.72 Å². The SMILES string of the molecule is CC(C)c1ccccc1NC(=O)C=Cc1ccccc1[N+](=O)[O-]. The molecule has 0 aliphatic carbocycles. The van der Waals surface area contributed by atoms with Crippen LogP contribution >= 0.6 is 0 Å². The predicted molar refractivity (Wildman–Crippen MR) is 91.3 cm³/mol. The van der Waals surface area contributed by atoms with Gasteiger partial charge in [0.2, 0.25) is 5.91 Å². The zero-order valence-electron chi connectivity index (χ0n) is 13.0. The predicted octanol–water partition coefficient (Wildman–Crippen LogP) is 4.37. The van der Waals surface area contributed by atoms with Crippen molar-refractivity contribution in [2.45, 2.75) is 19.8 Å². The van der Waals surface area contributed by atoms with E-state index < -0.39 is 4.92 Å². The second-order valence-corrected chi connectivity index (χ2v) is 5.38. The van der Waals surface area contributed by atoms with Gasteiger partial charge in [0.1, 0.15) is 0 Å². The topological polar surface area (TPSA) is 72.2 Å². The molecule has 2 aromatic carbocycles. The number of carbonyl (C=O) groups is 1. The van der Waals surface area contributed by atoms with Gasteiger partial charge < -0.3 is 5.32 Å². The van der Waals surface area contributed by atoms with Crippen molar-refractivity contribution in [3.8, 4) is 0 Å². The number of nitrogens with one attached hydrogen (secondary N) is 1. The molecule has 2 rings (SSSR count). The Labute approximate surface area is 134 Å². The van der Waals surface area contributed by atoms with Gasteiger partial charge in [0, 0.05) is 17.8 Å². The number of hydrogen-bond donors (Lipinski definition) is 1. The minimum Gasteiger partial charge on any atom is -0.322 e. The zero-order chi connectivity index (χ0) is 16.8. The lowest BCUT2D eigenvalue weighted by Crippen LogP contribution is -2.10. The van der Waals surface area contributed by atoms with Crippen LogP contribution in [0.2, 0.25) is 0 Å². The smallest absolute Gasteiger partial charge is 0.276 e. The lowest BCUT2D eigenvalue weighted by molar-refractivity contribution is -0.385. The maximum atomic E-state index is 12.1. The Bertz CT molecular complexity index is 751.